The van der Waals surface area contributed by atoms with Crippen molar-refractivity contribution >= 4 is 35.8 Å². The zero-order valence-corrected chi connectivity index (χ0v) is 19.4. The number of likely N-dealkylation sites (N-methyl/N-ethyl adjacent to an activating group) is 1. The average molecular weight is 482 g/mol. The van der Waals surface area contributed by atoms with Gasteiger partial charge in [-0.2, -0.15) is 0 Å². The zero-order valence-electron chi connectivity index (χ0n) is 17.1. The van der Waals surface area contributed by atoms with E-state index in [9.17, 15) is 4.79 Å². The highest BCUT2D eigenvalue weighted by molar-refractivity contribution is 14.0. The quantitative estimate of drug-likeness (QED) is 0.218. The number of ether oxygens (including phenoxy) is 1. The minimum absolute atomic E-state index is 0. The van der Waals surface area contributed by atoms with Crippen molar-refractivity contribution in [3.05, 3.63) is 0 Å². The molecule has 0 aromatic rings. The van der Waals surface area contributed by atoms with Crippen LogP contribution in [0.3, 0.4) is 0 Å². The monoisotopic (exact) mass is 482 g/mol. The van der Waals surface area contributed by atoms with E-state index in [2.05, 4.69) is 29.5 Å². The third-order valence-electron chi connectivity index (χ3n) is 4.70. The second kappa shape index (κ2) is 15.5. The molecule has 2 atom stereocenters. The maximum absolute atomic E-state index is 11.8. The molecule has 7 heteroatoms. The molecule has 0 aliphatic heterocycles. The minimum Gasteiger partial charge on any atom is -0.381 e. The Morgan fingerprint density at radius 1 is 1.19 bits per heavy atom. The molecule has 0 bridgehead atoms. The summed E-state index contributed by atoms with van der Waals surface area (Å²) in [6.45, 7) is 7.04. The van der Waals surface area contributed by atoms with Gasteiger partial charge in [0, 0.05) is 39.9 Å². The minimum atomic E-state index is 0. The van der Waals surface area contributed by atoms with Gasteiger partial charge in [-0.1, -0.05) is 33.1 Å². The van der Waals surface area contributed by atoms with Crippen LogP contribution >= 0.6 is 24.0 Å². The molecule has 0 aromatic heterocycles. The van der Waals surface area contributed by atoms with E-state index in [1.54, 1.807) is 19.0 Å². The Bertz CT molecular complexity index is 405. The van der Waals surface area contributed by atoms with Crippen LogP contribution in [0.15, 0.2) is 4.99 Å². The van der Waals surface area contributed by atoms with Gasteiger partial charge in [0.25, 0.3) is 0 Å². The van der Waals surface area contributed by atoms with Crippen LogP contribution in [0.1, 0.15) is 58.8 Å². The Kier molecular flexibility index (Phi) is 15.1. The molecule has 26 heavy (non-hydrogen) atoms. The summed E-state index contributed by atoms with van der Waals surface area (Å²) in [7, 11) is 3.52. The van der Waals surface area contributed by atoms with E-state index in [1.807, 2.05) is 0 Å². The number of rotatable bonds is 10. The summed E-state index contributed by atoms with van der Waals surface area (Å²) >= 11 is 0. The summed E-state index contributed by atoms with van der Waals surface area (Å²) in [5, 5.41) is 6.90. The van der Waals surface area contributed by atoms with Crippen LogP contribution in [0.2, 0.25) is 0 Å². The van der Waals surface area contributed by atoms with E-state index in [0.29, 0.717) is 12.0 Å². The molecule has 0 aromatic carbocycles. The highest BCUT2D eigenvalue weighted by Gasteiger charge is 2.22. The molecule has 154 valence electrons. The Hall–Kier alpha value is -0.570. The Balaban J connectivity index is 0.00000625. The third kappa shape index (κ3) is 11.2. The summed E-state index contributed by atoms with van der Waals surface area (Å²) in [6.07, 6.45) is 8.22. The first-order chi connectivity index (χ1) is 12.0. The van der Waals surface area contributed by atoms with Crippen molar-refractivity contribution in [1.82, 2.24) is 15.5 Å². The number of guanidine groups is 1. The molecule has 2 N–H and O–H groups in total. The van der Waals surface area contributed by atoms with Crippen molar-refractivity contribution in [2.24, 2.45) is 10.9 Å². The van der Waals surface area contributed by atoms with E-state index in [-0.39, 0.29) is 36.4 Å². The van der Waals surface area contributed by atoms with Gasteiger partial charge >= 0.3 is 0 Å². The predicted molar refractivity (Wildman–Crippen MR) is 119 cm³/mol. The molecule has 1 rings (SSSR count). The summed E-state index contributed by atoms with van der Waals surface area (Å²) < 4.78 is 5.59. The number of amides is 1. The van der Waals surface area contributed by atoms with Crippen LogP contribution in [0.5, 0.6) is 0 Å². The van der Waals surface area contributed by atoms with Gasteiger partial charge < -0.3 is 20.3 Å². The number of unbranched alkanes of at least 4 members (excludes halogenated alkanes) is 1. The molecule has 0 spiro atoms. The van der Waals surface area contributed by atoms with Gasteiger partial charge in [0.15, 0.2) is 5.96 Å². The van der Waals surface area contributed by atoms with Crippen molar-refractivity contribution in [2.75, 3.05) is 40.4 Å². The van der Waals surface area contributed by atoms with Gasteiger partial charge in [-0.25, -0.2) is 4.99 Å². The molecule has 1 aliphatic carbocycles. The van der Waals surface area contributed by atoms with Crippen molar-refractivity contribution in [3.8, 4) is 0 Å². The molecule has 0 saturated heterocycles. The number of halogens is 1. The SMILES string of the molecule is CCCCOCCCNC(=NCC(=O)N(C)C)NC1CCCCC1C.I. The Morgan fingerprint density at radius 3 is 2.54 bits per heavy atom. The molecule has 1 amide bonds. The van der Waals surface area contributed by atoms with E-state index in [4.69, 9.17) is 4.74 Å². The van der Waals surface area contributed by atoms with Crippen LogP contribution in [0.4, 0.5) is 0 Å². The number of nitrogens with zero attached hydrogens (tertiary/aromatic N) is 2. The van der Waals surface area contributed by atoms with Gasteiger partial charge in [-0.3, -0.25) is 4.79 Å². The van der Waals surface area contributed by atoms with E-state index in [0.717, 1.165) is 38.6 Å². The van der Waals surface area contributed by atoms with E-state index < -0.39 is 0 Å². The first kappa shape index (κ1) is 25.4. The van der Waals surface area contributed by atoms with Gasteiger partial charge in [-0.15, -0.1) is 24.0 Å². The Morgan fingerprint density at radius 2 is 1.88 bits per heavy atom. The molecular formula is C19H39IN4O2. The molecule has 1 fully saturated rings. The van der Waals surface area contributed by atoms with E-state index >= 15 is 0 Å². The standard InChI is InChI=1S/C19H38N4O2.HI/c1-5-6-13-25-14-9-12-20-19(21-15-18(24)23(3)4)22-17-11-8-7-10-16(17)2;/h16-17H,5-15H2,1-4H3,(H2,20,21,22);1H. The first-order valence-corrected chi connectivity index (χ1v) is 9.87. The number of carbonyl (C=O) groups is 1. The fourth-order valence-electron chi connectivity index (χ4n) is 2.88. The predicted octanol–water partition coefficient (Wildman–Crippen LogP) is 3.01. The number of carbonyl (C=O) groups excluding carboxylic acids is 1. The highest BCUT2D eigenvalue weighted by Crippen LogP contribution is 2.23. The number of aliphatic imine (C=N–C) groups is 1. The number of hydrogen-bond acceptors (Lipinski definition) is 3. The van der Waals surface area contributed by atoms with Crippen LogP contribution in [0.25, 0.3) is 0 Å². The normalized spacial score (nSPS) is 20.2. The Labute approximate surface area is 176 Å². The van der Waals surface area contributed by atoms with E-state index in [1.165, 1.54) is 32.1 Å². The lowest BCUT2D eigenvalue weighted by atomic mass is 9.86. The van der Waals surface area contributed by atoms with Crippen molar-refractivity contribution in [2.45, 2.75) is 64.8 Å². The molecule has 0 heterocycles. The lowest BCUT2D eigenvalue weighted by molar-refractivity contribution is -0.127. The summed E-state index contributed by atoms with van der Waals surface area (Å²) in [4.78, 5) is 17.9. The van der Waals surface area contributed by atoms with Gasteiger partial charge in [-0.05, 0) is 31.6 Å². The number of nitrogens with one attached hydrogen (secondary N) is 2. The van der Waals surface area contributed by atoms with Crippen LogP contribution < -0.4 is 10.6 Å². The molecular weight excluding hydrogens is 443 g/mol. The smallest absolute Gasteiger partial charge is 0.243 e. The third-order valence-corrected chi connectivity index (χ3v) is 4.70. The van der Waals surface area contributed by atoms with Gasteiger partial charge in [0.05, 0.1) is 0 Å². The second-order valence-corrected chi connectivity index (χ2v) is 7.21. The van der Waals surface area contributed by atoms with Crippen LogP contribution in [-0.2, 0) is 9.53 Å². The van der Waals surface area contributed by atoms with Crippen molar-refractivity contribution in [1.29, 1.82) is 0 Å². The molecule has 6 nitrogen and oxygen atoms in total. The molecule has 2 unspecified atom stereocenters. The zero-order chi connectivity index (χ0) is 18.5. The maximum Gasteiger partial charge on any atom is 0.243 e. The topological polar surface area (TPSA) is 66.0 Å². The fourth-order valence-corrected chi connectivity index (χ4v) is 2.88. The average Bonchev–Trinajstić information content (AvgIpc) is 2.59. The molecule has 1 saturated carbocycles. The van der Waals surface area contributed by atoms with Crippen LogP contribution in [0, 0.1) is 5.92 Å². The summed E-state index contributed by atoms with van der Waals surface area (Å²) in [6, 6.07) is 0.440. The van der Waals surface area contributed by atoms with Crippen molar-refractivity contribution < 1.29 is 9.53 Å². The van der Waals surface area contributed by atoms with Gasteiger partial charge in [0.2, 0.25) is 5.91 Å². The lowest BCUT2D eigenvalue weighted by Crippen LogP contribution is -2.48. The summed E-state index contributed by atoms with van der Waals surface area (Å²) in [5.74, 6) is 1.41. The molecule has 0 radical (unpaired) electrons. The first-order valence-electron chi connectivity index (χ1n) is 9.87. The number of hydrogen-bond donors (Lipinski definition) is 2. The van der Waals surface area contributed by atoms with Gasteiger partial charge in [0.1, 0.15) is 6.54 Å². The second-order valence-electron chi connectivity index (χ2n) is 7.21. The van der Waals surface area contributed by atoms with Crippen molar-refractivity contribution in [3.63, 3.8) is 0 Å². The lowest BCUT2D eigenvalue weighted by Gasteiger charge is -2.31. The maximum atomic E-state index is 11.8. The fraction of sp³-hybridized carbons (Fsp3) is 0.895. The summed E-state index contributed by atoms with van der Waals surface area (Å²) in [5.41, 5.74) is 0. The largest absolute Gasteiger partial charge is 0.381 e. The van der Waals surface area contributed by atoms with Crippen LogP contribution in [-0.4, -0.2) is 63.2 Å². The molecule has 1 aliphatic rings. The highest BCUT2D eigenvalue weighted by atomic mass is 127.